The summed E-state index contributed by atoms with van der Waals surface area (Å²) in [6.45, 7) is 2.72. The van der Waals surface area contributed by atoms with Crippen LogP contribution in [0.5, 0.6) is 0 Å². The largest absolute Gasteiger partial charge is 0.346 e. The van der Waals surface area contributed by atoms with E-state index in [9.17, 15) is 4.79 Å². The standard InChI is InChI=1S/C13H15ClN4O/c1-2-11(8-18-6-5-15-9-18)17-13(19)12-4-3-10(14)7-16-12/h3-7,9,11H,2,8H2,1H3,(H,17,19). The highest BCUT2D eigenvalue weighted by Crippen LogP contribution is 2.07. The third-order valence-corrected chi connectivity index (χ3v) is 3.00. The summed E-state index contributed by atoms with van der Waals surface area (Å²) in [6, 6.07) is 3.31. The first-order chi connectivity index (χ1) is 9.19. The molecule has 0 radical (unpaired) electrons. The van der Waals surface area contributed by atoms with Gasteiger partial charge in [-0.25, -0.2) is 9.97 Å². The van der Waals surface area contributed by atoms with Crippen LogP contribution in [0.4, 0.5) is 0 Å². The van der Waals surface area contributed by atoms with Gasteiger partial charge in [0.1, 0.15) is 5.69 Å². The molecule has 0 aliphatic rings. The van der Waals surface area contributed by atoms with E-state index in [1.807, 2.05) is 17.7 Å². The topological polar surface area (TPSA) is 59.8 Å². The fraction of sp³-hybridized carbons (Fsp3) is 0.308. The second-order valence-electron chi connectivity index (χ2n) is 4.20. The molecule has 1 N–H and O–H groups in total. The number of carbonyl (C=O) groups is 1. The van der Waals surface area contributed by atoms with Gasteiger partial charge >= 0.3 is 0 Å². The van der Waals surface area contributed by atoms with Crippen LogP contribution in [0.3, 0.4) is 0 Å². The first-order valence-electron chi connectivity index (χ1n) is 6.07. The van der Waals surface area contributed by atoms with Crippen molar-refractivity contribution in [2.24, 2.45) is 0 Å². The lowest BCUT2D eigenvalue weighted by Crippen LogP contribution is -2.37. The smallest absolute Gasteiger partial charge is 0.270 e. The number of nitrogens with zero attached hydrogens (tertiary/aromatic N) is 3. The van der Waals surface area contributed by atoms with Gasteiger partial charge in [-0.15, -0.1) is 0 Å². The molecule has 2 heterocycles. The minimum absolute atomic E-state index is 0.0409. The first-order valence-corrected chi connectivity index (χ1v) is 6.45. The summed E-state index contributed by atoms with van der Waals surface area (Å²) in [5, 5.41) is 3.46. The predicted molar refractivity (Wildman–Crippen MR) is 73.0 cm³/mol. The molecule has 0 aliphatic carbocycles. The number of amides is 1. The molecule has 19 heavy (non-hydrogen) atoms. The van der Waals surface area contributed by atoms with Crippen LogP contribution in [0.2, 0.25) is 5.02 Å². The van der Waals surface area contributed by atoms with Crippen molar-refractivity contribution in [2.75, 3.05) is 0 Å². The van der Waals surface area contributed by atoms with E-state index in [2.05, 4.69) is 15.3 Å². The fourth-order valence-electron chi connectivity index (χ4n) is 1.70. The zero-order chi connectivity index (χ0) is 13.7. The molecule has 2 aromatic rings. The molecule has 2 aromatic heterocycles. The lowest BCUT2D eigenvalue weighted by Gasteiger charge is -2.17. The SMILES string of the molecule is CCC(Cn1ccnc1)NC(=O)c1ccc(Cl)cn1. The van der Waals surface area contributed by atoms with E-state index < -0.39 is 0 Å². The number of aromatic nitrogens is 3. The molecule has 1 amide bonds. The van der Waals surface area contributed by atoms with E-state index in [1.165, 1.54) is 6.20 Å². The van der Waals surface area contributed by atoms with E-state index in [4.69, 9.17) is 11.6 Å². The van der Waals surface area contributed by atoms with Crippen LogP contribution in [-0.2, 0) is 6.54 Å². The first kappa shape index (κ1) is 13.5. The Labute approximate surface area is 116 Å². The average Bonchev–Trinajstić information content (AvgIpc) is 2.91. The van der Waals surface area contributed by atoms with Gasteiger partial charge in [0.2, 0.25) is 0 Å². The number of hydrogen-bond acceptors (Lipinski definition) is 3. The monoisotopic (exact) mass is 278 g/mol. The van der Waals surface area contributed by atoms with Crippen LogP contribution in [-0.4, -0.2) is 26.5 Å². The van der Waals surface area contributed by atoms with Crippen molar-refractivity contribution in [1.29, 1.82) is 0 Å². The van der Waals surface area contributed by atoms with Gasteiger partial charge < -0.3 is 9.88 Å². The molecule has 1 unspecified atom stereocenters. The highest BCUT2D eigenvalue weighted by atomic mass is 35.5. The molecule has 1 atom stereocenters. The van der Waals surface area contributed by atoms with E-state index in [-0.39, 0.29) is 11.9 Å². The van der Waals surface area contributed by atoms with Gasteiger partial charge in [0.15, 0.2) is 0 Å². The number of carbonyl (C=O) groups excluding carboxylic acids is 1. The molecule has 100 valence electrons. The molecule has 2 rings (SSSR count). The molecule has 0 aromatic carbocycles. The van der Waals surface area contributed by atoms with Crippen LogP contribution >= 0.6 is 11.6 Å². The Balaban J connectivity index is 1.98. The third kappa shape index (κ3) is 3.79. The van der Waals surface area contributed by atoms with Gasteiger partial charge in [0.05, 0.1) is 11.3 Å². The van der Waals surface area contributed by atoms with Crippen LogP contribution < -0.4 is 5.32 Å². The van der Waals surface area contributed by atoms with Crippen LogP contribution in [0.1, 0.15) is 23.8 Å². The third-order valence-electron chi connectivity index (χ3n) is 2.78. The van der Waals surface area contributed by atoms with Crippen molar-refractivity contribution >= 4 is 17.5 Å². The van der Waals surface area contributed by atoms with Crippen LogP contribution in [0, 0.1) is 0 Å². The lowest BCUT2D eigenvalue weighted by atomic mass is 10.2. The van der Waals surface area contributed by atoms with Crippen molar-refractivity contribution in [3.63, 3.8) is 0 Å². The normalized spacial score (nSPS) is 12.1. The van der Waals surface area contributed by atoms with Crippen molar-refractivity contribution < 1.29 is 4.79 Å². The van der Waals surface area contributed by atoms with Gasteiger partial charge in [-0.05, 0) is 18.6 Å². The van der Waals surface area contributed by atoms with Gasteiger partial charge in [0, 0.05) is 31.2 Å². The van der Waals surface area contributed by atoms with Crippen molar-refractivity contribution in [2.45, 2.75) is 25.9 Å². The summed E-state index contributed by atoms with van der Waals surface area (Å²) in [4.78, 5) is 20.0. The highest BCUT2D eigenvalue weighted by Gasteiger charge is 2.13. The minimum Gasteiger partial charge on any atom is -0.346 e. The maximum absolute atomic E-state index is 12.0. The molecule has 0 fully saturated rings. The summed E-state index contributed by atoms with van der Waals surface area (Å²) in [5.74, 6) is -0.191. The summed E-state index contributed by atoms with van der Waals surface area (Å²) >= 11 is 5.74. The number of pyridine rings is 1. The molecule has 6 heteroatoms. The Kier molecular flexibility index (Phi) is 4.52. The van der Waals surface area contributed by atoms with E-state index in [0.717, 1.165) is 6.42 Å². The van der Waals surface area contributed by atoms with Gasteiger partial charge in [-0.2, -0.15) is 0 Å². The fourth-order valence-corrected chi connectivity index (χ4v) is 1.81. The maximum atomic E-state index is 12.0. The quantitative estimate of drug-likeness (QED) is 0.911. The Bertz CT molecular complexity index is 524. The average molecular weight is 279 g/mol. The zero-order valence-corrected chi connectivity index (χ0v) is 11.3. The number of rotatable bonds is 5. The van der Waals surface area contributed by atoms with Crippen LogP contribution in [0.15, 0.2) is 37.1 Å². The molecule has 5 nitrogen and oxygen atoms in total. The van der Waals surface area contributed by atoms with E-state index >= 15 is 0 Å². The Hall–Kier alpha value is -1.88. The Morgan fingerprint density at radius 1 is 1.53 bits per heavy atom. The van der Waals surface area contributed by atoms with Gasteiger partial charge in [0.25, 0.3) is 5.91 Å². The Morgan fingerprint density at radius 2 is 2.37 bits per heavy atom. The number of hydrogen-bond donors (Lipinski definition) is 1. The number of imidazole rings is 1. The van der Waals surface area contributed by atoms with Gasteiger partial charge in [-0.3, -0.25) is 4.79 Å². The molecular formula is C13H15ClN4O. The summed E-state index contributed by atoms with van der Waals surface area (Å²) < 4.78 is 1.93. The predicted octanol–water partition coefficient (Wildman–Crippen LogP) is 2.14. The zero-order valence-electron chi connectivity index (χ0n) is 10.6. The molecular weight excluding hydrogens is 264 g/mol. The summed E-state index contributed by atoms with van der Waals surface area (Å²) in [6.07, 6.45) is 7.62. The van der Waals surface area contributed by atoms with Crippen molar-refractivity contribution in [3.05, 3.63) is 47.8 Å². The molecule has 0 aliphatic heterocycles. The summed E-state index contributed by atoms with van der Waals surface area (Å²) in [7, 11) is 0. The minimum atomic E-state index is -0.191. The molecule has 0 saturated carbocycles. The lowest BCUT2D eigenvalue weighted by molar-refractivity contribution is 0.0927. The number of nitrogens with one attached hydrogen (secondary N) is 1. The number of halogens is 1. The molecule has 0 saturated heterocycles. The highest BCUT2D eigenvalue weighted by molar-refractivity contribution is 6.30. The Morgan fingerprint density at radius 3 is 2.95 bits per heavy atom. The second kappa shape index (κ2) is 6.33. The molecule has 0 spiro atoms. The molecule has 0 bridgehead atoms. The maximum Gasteiger partial charge on any atom is 0.270 e. The van der Waals surface area contributed by atoms with E-state index in [1.54, 1.807) is 24.7 Å². The summed E-state index contributed by atoms with van der Waals surface area (Å²) in [5.41, 5.74) is 0.369. The van der Waals surface area contributed by atoms with Gasteiger partial charge in [-0.1, -0.05) is 18.5 Å². The second-order valence-corrected chi connectivity index (χ2v) is 4.64. The van der Waals surface area contributed by atoms with E-state index in [0.29, 0.717) is 17.3 Å². The van der Waals surface area contributed by atoms with Crippen molar-refractivity contribution in [1.82, 2.24) is 19.9 Å². The van der Waals surface area contributed by atoms with Crippen LogP contribution in [0.25, 0.3) is 0 Å². The van der Waals surface area contributed by atoms with Crippen molar-refractivity contribution in [3.8, 4) is 0 Å².